The Morgan fingerprint density at radius 1 is 1.42 bits per heavy atom. The van der Waals surface area contributed by atoms with Crippen molar-refractivity contribution >= 4 is 34.7 Å². The summed E-state index contributed by atoms with van der Waals surface area (Å²) in [7, 11) is 0. The smallest absolute Gasteiger partial charge is 0.319 e. The molecular formula is C13H14ClN3OS. The maximum atomic E-state index is 11.7. The number of rotatable bonds is 3. The van der Waals surface area contributed by atoms with Crippen LogP contribution in [0.1, 0.15) is 15.6 Å². The summed E-state index contributed by atoms with van der Waals surface area (Å²) in [6.45, 7) is 4.40. The number of aryl methyl sites for hydroxylation is 2. The highest BCUT2D eigenvalue weighted by molar-refractivity contribution is 7.11. The molecule has 2 amide bonds. The predicted molar refractivity (Wildman–Crippen MR) is 78.9 cm³/mol. The lowest BCUT2D eigenvalue weighted by Gasteiger charge is -2.06. The number of amides is 2. The molecule has 0 aliphatic rings. The van der Waals surface area contributed by atoms with Crippen LogP contribution in [0.25, 0.3) is 0 Å². The van der Waals surface area contributed by atoms with Gasteiger partial charge in [-0.05, 0) is 32.0 Å². The molecule has 6 heteroatoms. The van der Waals surface area contributed by atoms with Gasteiger partial charge in [0, 0.05) is 15.6 Å². The van der Waals surface area contributed by atoms with Gasteiger partial charge in [0.05, 0.1) is 12.2 Å². The molecule has 2 rings (SSSR count). The van der Waals surface area contributed by atoms with Gasteiger partial charge in [-0.2, -0.15) is 0 Å². The van der Waals surface area contributed by atoms with E-state index in [1.165, 1.54) is 4.88 Å². The lowest BCUT2D eigenvalue weighted by atomic mass is 10.3. The third kappa shape index (κ3) is 3.94. The summed E-state index contributed by atoms with van der Waals surface area (Å²) in [4.78, 5) is 17.2. The summed E-state index contributed by atoms with van der Waals surface area (Å²) in [5.74, 6) is 0. The predicted octanol–water partition coefficient (Wildman–Crippen LogP) is 3.74. The van der Waals surface area contributed by atoms with Crippen molar-refractivity contribution in [3.8, 4) is 0 Å². The molecule has 0 saturated heterocycles. The summed E-state index contributed by atoms with van der Waals surface area (Å²) in [5, 5.41) is 6.97. The first-order chi connectivity index (χ1) is 9.04. The van der Waals surface area contributed by atoms with Crippen LogP contribution >= 0.6 is 22.9 Å². The first-order valence-electron chi connectivity index (χ1n) is 5.78. The maximum Gasteiger partial charge on any atom is 0.319 e. The Kier molecular flexibility index (Phi) is 4.39. The zero-order valence-electron chi connectivity index (χ0n) is 10.7. The van der Waals surface area contributed by atoms with Crippen molar-refractivity contribution < 1.29 is 4.79 Å². The zero-order valence-corrected chi connectivity index (χ0v) is 12.2. The SMILES string of the molecule is Cc1nc(CNC(=O)Nc2cccc(Cl)c2)sc1C. The standard InChI is InChI=1S/C13H14ClN3OS/c1-8-9(2)19-12(16-8)7-15-13(18)17-11-5-3-4-10(14)6-11/h3-6H,7H2,1-2H3,(H2,15,17,18). The number of nitrogens with one attached hydrogen (secondary N) is 2. The molecule has 0 atom stereocenters. The number of aromatic nitrogens is 1. The van der Waals surface area contributed by atoms with Gasteiger partial charge in [-0.1, -0.05) is 17.7 Å². The van der Waals surface area contributed by atoms with Gasteiger partial charge in [0.25, 0.3) is 0 Å². The Bertz CT molecular complexity index is 578. The van der Waals surface area contributed by atoms with Crippen LogP contribution in [0, 0.1) is 13.8 Å². The minimum Gasteiger partial charge on any atom is -0.331 e. The summed E-state index contributed by atoms with van der Waals surface area (Å²) in [6.07, 6.45) is 0. The number of hydrogen-bond donors (Lipinski definition) is 2. The Labute approximate surface area is 120 Å². The molecule has 0 aliphatic heterocycles. The van der Waals surface area contributed by atoms with E-state index >= 15 is 0 Å². The highest BCUT2D eigenvalue weighted by atomic mass is 35.5. The van der Waals surface area contributed by atoms with Crippen molar-refractivity contribution in [3.05, 3.63) is 44.9 Å². The summed E-state index contributed by atoms with van der Waals surface area (Å²) < 4.78 is 0. The molecule has 100 valence electrons. The minimum absolute atomic E-state index is 0.271. The fourth-order valence-corrected chi connectivity index (χ4v) is 2.58. The minimum atomic E-state index is -0.271. The van der Waals surface area contributed by atoms with E-state index in [1.807, 2.05) is 13.8 Å². The Morgan fingerprint density at radius 2 is 2.21 bits per heavy atom. The number of halogens is 1. The van der Waals surface area contributed by atoms with Crippen molar-refractivity contribution in [3.63, 3.8) is 0 Å². The number of urea groups is 1. The van der Waals surface area contributed by atoms with E-state index in [9.17, 15) is 4.79 Å². The first kappa shape index (κ1) is 13.8. The zero-order chi connectivity index (χ0) is 13.8. The Hall–Kier alpha value is -1.59. The average Bonchev–Trinajstić information content (AvgIpc) is 2.66. The molecular weight excluding hydrogens is 282 g/mol. The number of carbonyl (C=O) groups excluding carboxylic acids is 1. The molecule has 1 heterocycles. The normalized spacial score (nSPS) is 10.3. The molecule has 0 aliphatic carbocycles. The third-order valence-corrected chi connectivity index (χ3v) is 3.86. The van der Waals surface area contributed by atoms with E-state index in [1.54, 1.807) is 35.6 Å². The average molecular weight is 296 g/mol. The van der Waals surface area contributed by atoms with E-state index in [0.29, 0.717) is 17.3 Å². The number of anilines is 1. The third-order valence-electron chi connectivity index (χ3n) is 2.56. The molecule has 0 spiro atoms. The van der Waals surface area contributed by atoms with Gasteiger partial charge in [-0.3, -0.25) is 0 Å². The van der Waals surface area contributed by atoms with E-state index in [-0.39, 0.29) is 6.03 Å². The van der Waals surface area contributed by atoms with Crippen LogP contribution in [-0.2, 0) is 6.54 Å². The summed E-state index contributed by atoms with van der Waals surface area (Å²) >= 11 is 7.43. The fraction of sp³-hybridized carbons (Fsp3) is 0.231. The molecule has 0 saturated carbocycles. The molecule has 2 aromatic rings. The second-order valence-electron chi connectivity index (χ2n) is 4.07. The number of benzene rings is 1. The van der Waals surface area contributed by atoms with Crippen molar-refractivity contribution in [1.29, 1.82) is 0 Å². The second-order valence-corrected chi connectivity index (χ2v) is 5.79. The molecule has 1 aromatic carbocycles. The van der Waals surface area contributed by atoms with Crippen LogP contribution in [0.5, 0.6) is 0 Å². The van der Waals surface area contributed by atoms with Crippen LogP contribution in [0.15, 0.2) is 24.3 Å². The van der Waals surface area contributed by atoms with Gasteiger partial charge in [0.2, 0.25) is 0 Å². The molecule has 2 N–H and O–H groups in total. The van der Waals surface area contributed by atoms with Gasteiger partial charge in [-0.15, -0.1) is 11.3 Å². The highest BCUT2D eigenvalue weighted by Crippen LogP contribution is 2.16. The molecule has 0 fully saturated rings. The van der Waals surface area contributed by atoms with Gasteiger partial charge in [0.15, 0.2) is 0 Å². The van der Waals surface area contributed by atoms with Gasteiger partial charge in [0.1, 0.15) is 5.01 Å². The fourth-order valence-electron chi connectivity index (χ4n) is 1.51. The largest absolute Gasteiger partial charge is 0.331 e. The van der Waals surface area contributed by atoms with E-state index in [4.69, 9.17) is 11.6 Å². The summed E-state index contributed by atoms with van der Waals surface area (Å²) in [6, 6.07) is 6.74. The van der Waals surface area contributed by atoms with Gasteiger partial charge >= 0.3 is 6.03 Å². The number of thiazole rings is 1. The molecule has 1 aromatic heterocycles. The van der Waals surface area contributed by atoms with Crippen LogP contribution in [0.2, 0.25) is 5.02 Å². The van der Waals surface area contributed by atoms with Gasteiger partial charge in [-0.25, -0.2) is 9.78 Å². The van der Waals surface area contributed by atoms with E-state index in [2.05, 4.69) is 15.6 Å². The Balaban J connectivity index is 1.88. The van der Waals surface area contributed by atoms with Crippen LogP contribution in [-0.4, -0.2) is 11.0 Å². The molecule has 4 nitrogen and oxygen atoms in total. The maximum absolute atomic E-state index is 11.7. The lowest BCUT2D eigenvalue weighted by Crippen LogP contribution is -2.28. The topological polar surface area (TPSA) is 54.0 Å². The van der Waals surface area contributed by atoms with E-state index < -0.39 is 0 Å². The van der Waals surface area contributed by atoms with Crippen LogP contribution in [0.3, 0.4) is 0 Å². The van der Waals surface area contributed by atoms with Crippen molar-refractivity contribution in [2.24, 2.45) is 0 Å². The number of nitrogens with zero attached hydrogens (tertiary/aromatic N) is 1. The molecule has 0 bridgehead atoms. The molecule has 0 unspecified atom stereocenters. The Morgan fingerprint density at radius 3 is 2.84 bits per heavy atom. The van der Waals surface area contributed by atoms with Gasteiger partial charge < -0.3 is 10.6 Å². The number of hydrogen-bond acceptors (Lipinski definition) is 3. The summed E-state index contributed by atoms with van der Waals surface area (Å²) in [5.41, 5.74) is 1.67. The van der Waals surface area contributed by atoms with Crippen molar-refractivity contribution in [1.82, 2.24) is 10.3 Å². The van der Waals surface area contributed by atoms with Crippen LogP contribution in [0.4, 0.5) is 10.5 Å². The quantitative estimate of drug-likeness (QED) is 0.906. The highest BCUT2D eigenvalue weighted by Gasteiger charge is 2.06. The van der Waals surface area contributed by atoms with E-state index in [0.717, 1.165) is 10.7 Å². The van der Waals surface area contributed by atoms with Crippen LogP contribution < -0.4 is 10.6 Å². The monoisotopic (exact) mass is 295 g/mol. The number of carbonyl (C=O) groups is 1. The molecule has 0 radical (unpaired) electrons. The van der Waals surface area contributed by atoms with Crippen molar-refractivity contribution in [2.75, 3.05) is 5.32 Å². The van der Waals surface area contributed by atoms with Crippen molar-refractivity contribution in [2.45, 2.75) is 20.4 Å². The lowest BCUT2D eigenvalue weighted by molar-refractivity contribution is 0.251. The second kappa shape index (κ2) is 6.04. The molecule has 19 heavy (non-hydrogen) atoms. The first-order valence-corrected chi connectivity index (χ1v) is 6.97.